The first kappa shape index (κ1) is 21.9. The number of likely N-dealkylation sites (tertiary alicyclic amines) is 1. The molecule has 0 unspecified atom stereocenters. The van der Waals surface area contributed by atoms with Crippen LogP contribution >= 0.6 is 12.4 Å². The number of piperidine rings is 1. The number of anilines is 1. The Morgan fingerprint density at radius 1 is 1.18 bits per heavy atom. The average molecular weight is 406 g/mol. The van der Waals surface area contributed by atoms with Gasteiger partial charge in [0.15, 0.2) is 12.4 Å². The summed E-state index contributed by atoms with van der Waals surface area (Å²) in [7, 11) is 3.72. The molecule has 2 heterocycles. The van der Waals surface area contributed by atoms with E-state index in [2.05, 4.69) is 44.5 Å². The Balaban J connectivity index is 0.00000280. The van der Waals surface area contributed by atoms with Crippen molar-refractivity contribution in [3.8, 4) is 5.88 Å². The van der Waals surface area contributed by atoms with Gasteiger partial charge >= 0.3 is 0 Å². The normalized spacial score (nSPS) is 14.8. The Morgan fingerprint density at radius 2 is 1.86 bits per heavy atom. The lowest BCUT2D eigenvalue weighted by atomic mass is 10.0. The number of ether oxygens (including phenoxy) is 1. The van der Waals surface area contributed by atoms with Gasteiger partial charge in [0.05, 0.1) is 0 Å². The van der Waals surface area contributed by atoms with E-state index >= 15 is 0 Å². The van der Waals surface area contributed by atoms with Gasteiger partial charge in [0.25, 0.3) is 11.8 Å². The van der Waals surface area contributed by atoms with Crippen molar-refractivity contribution in [3.05, 3.63) is 48.3 Å². The number of nitrogens with zero attached hydrogens (tertiary/aromatic N) is 4. The van der Waals surface area contributed by atoms with Crippen LogP contribution in [0.3, 0.4) is 0 Å². The summed E-state index contributed by atoms with van der Waals surface area (Å²) in [6.45, 7) is 2.87. The van der Waals surface area contributed by atoms with Gasteiger partial charge in [0.1, 0.15) is 0 Å². The number of nitrogens with one attached hydrogen (secondary N) is 1. The minimum atomic E-state index is -0.119. The molecule has 1 aromatic heterocycles. The first-order valence-corrected chi connectivity index (χ1v) is 9.28. The van der Waals surface area contributed by atoms with Crippen LogP contribution in [0.2, 0.25) is 0 Å². The fraction of sp³-hybridized carbons (Fsp3) is 0.450. The molecule has 0 aliphatic carbocycles. The molecule has 1 aliphatic rings. The number of carbonyl (C=O) groups is 1. The summed E-state index contributed by atoms with van der Waals surface area (Å²) in [6, 6.07) is 10.7. The summed E-state index contributed by atoms with van der Waals surface area (Å²) >= 11 is 0. The Kier molecular flexibility index (Phi) is 8.47. The van der Waals surface area contributed by atoms with Crippen molar-refractivity contribution in [1.82, 2.24) is 20.2 Å². The van der Waals surface area contributed by atoms with Crippen LogP contribution in [0.15, 0.2) is 42.7 Å². The number of amides is 1. The van der Waals surface area contributed by atoms with E-state index in [4.69, 9.17) is 4.74 Å². The van der Waals surface area contributed by atoms with E-state index in [0.717, 1.165) is 32.5 Å². The van der Waals surface area contributed by atoms with Crippen molar-refractivity contribution in [3.63, 3.8) is 0 Å². The van der Waals surface area contributed by atoms with E-state index in [1.165, 1.54) is 5.56 Å². The van der Waals surface area contributed by atoms with Crippen molar-refractivity contribution in [2.75, 3.05) is 38.7 Å². The minimum Gasteiger partial charge on any atom is -0.465 e. The Hall–Kier alpha value is -2.38. The van der Waals surface area contributed by atoms with Gasteiger partial charge in [-0.05, 0) is 18.4 Å². The number of carbonyl (C=O) groups excluding carboxylic acids is 1. The Bertz CT molecular complexity index is 736. The molecule has 28 heavy (non-hydrogen) atoms. The summed E-state index contributed by atoms with van der Waals surface area (Å²) in [5, 5.41) is 3.07. The lowest BCUT2D eigenvalue weighted by Gasteiger charge is -2.32. The van der Waals surface area contributed by atoms with E-state index in [1.54, 1.807) is 12.4 Å². The second-order valence-corrected chi connectivity index (χ2v) is 6.97. The molecule has 2 aromatic rings. The summed E-state index contributed by atoms with van der Waals surface area (Å²) in [4.78, 5) is 24.8. The molecule has 1 fully saturated rings. The third kappa shape index (κ3) is 6.35. The molecule has 1 N–H and O–H groups in total. The smallest absolute Gasteiger partial charge is 0.258 e. The van der Waals surface area contributed by atoms with Crippen LogP contribution in [-0.4, -0.2) is 60.6 Å². The van der Waals surface area contributed by atoms with Crippen LogP contribution < -0.4 is 15.0 Å². The van der Waals surface area contributed by atoms with Crippen LogP contribution in [0.1, 0.15) is 18.4 Å². The van der Waals surface area contributed by atoms with Gasteiger partial charge in [-0.15, -0.1) is 12.4 Å². The monoisotopic (exact) mass is 405 g/mol. The van der Waals surface area contributed by atoms with Gasteiger partial charge in [0.2, 0.25) is 0 Å². The van der Waals surface area contributed by atoms with Gasteiger partial charge in [-0.2, -0.15) is 0 Å². The predicted octanol–water partition coefficient (Wildman–Crippen LogP) is 2.12. The van der Waals surface area contributed by atoms with Crippen LogP contribution in [0.5, 0.6) is 5.88 Å². The van der Waals surface area contributed by atoms with E-state index in [1.807, 2.05) is 25.1 Å². The fourth-order valence-electron chi connectivity index (χ4n) is 3.21. The molecule has 0 spiro atoms. The highest BCUT2D eigenvalue weighted by molar-refractivity contribution is 5.85. The molecule has 8 heteroatoms. The standard InChI is InChI=1S/C20H27N5O2.ClH/c1-24(2)19-20(22-11-10-21-19)27-15-18(26)23-17-8-12-25(13-9-17)14-16-6-4-3-5-7-16;/h3-7,10-11,17H,8-9,12-15H2,1-2H3,(H,23,26);1H. The number of aromatic nitrogens is 2. The summed E-state index contributed by atoms with van der Waals surface area (Å²) < 4.78 is 5.56. The molecule has 152 valence electrons. The highest BCUT2D eigenvalue weighted by Gasteiger charge is 2.21. The molecule has 0 bridgehead atoms. The number of halogens is 1. The number of benzene rings is 1. The second-order valence-electron chi connectivity index (χ2n) is 6.97. The maximum absolute atomic E-state index is 12.2. The van der Waals surface area contributed by atoms with Gasteiger partial charge in [-0.25, -0.2) is 9.97 Å². The minimum absolute atomic E-state index is 0. The molecule has 1 amide bonds. The number of hydrogen-bond acceptors (Lipinski definition) is 6. The van der Waals surface area contributed by atoms with Gasteiger partial charge in [-0.3, -0.25) is 9.69 Å². The number of hydrogen-bond donors (Lipinski definition) is 1. The predicted molar refractivity (Wildman–Crippen MR) is 112 cm³/mol. The Labute approximate surface area is 172 Å². The van der Waals surface area contributed by atoms with Crippen molar-refractivity contribution in [2.24, 2.45) is 0 Å². The SMILES string of the molecule is CN(C)c1nccnc1OCC(=O)NC1CCN(Cc2ccccc2)CC1.Cl. The summed E-state index contributed by atoms with van der Waals surface area (Å²) in [5.41, 5.74) is 1.33. The lowest BCUT2D eigenvalue weighted by Crippen LogP contribution is -2.45. The molecule has 0 atom stereocenters. The summed E-state index contributed by atoms with van der Waals surface area (Å²) in [5.74, 6) is 0.863. The molecule has 1 aliphatic heterocycles. The molecular weight excluding hydrogens is 378 g/mol. The Morgan fingerprint density at radius 3 is 2.54 bits per heavy atom. The summed E-state index contributed by atoms with van der Waals surface area (Å²) in [6.07, 6.45) is 5.06. The largest absolute Gasteiger partial charge is 0.465 e. The van der Waals surface area contributed by atoms with Crippen molar-refractivity contribution in [2.45, 2.75) is 25.4 Å². The highest BCUT2D eigenvalue weighted by Crippen LogP contribution is 2.19. The quantitative estimate of drug-likeness (QED) is 0.760. The van der Waals surface area contributed by atoms with Gasteiger partial charge in [-0.1, -0.05) is 30.3 Å². The molecule has 3 rings (SSSR count). The van der Waals surface area contributed by atoms with Gasteiger partial charge in [0, 0.05) is 52.2 Å². The zero-order chi connectivity index (χ0) is 19.1. The van der Waals surface area contributed by atoms with Crippen LogP contribution in [-0.2, 0) is 11.3 Å². The first-order chi connectivity index (χ1) is 13.1. The van der Waals surface area contributed by atoms with Crippen LogP contribution in [0.4, 0.5) is 5.82 Å². The fourth-order valence-corrected chi connectivity index (χ4v) is 3.21. The molecular formula is C20H28ClN5O2. The maximum atomic E-state index is 12.2. The van der Waals surface area contributed by atoms with Crippen molar-refractivity contribution in [1.29, 1.82) is 0 Å². The van der Waals surface area contributed by atoms with Crippen molar-refractivity contribution >= 4 is 24.1 Å². The van der Waals surface area contributed by atoms with E-state index < -0.39 is 0 Å². The molecule has 1 saturated heterocycles. The zero-order valence-corrected chi connectivity index (χ0v) is 17.2. The molecule has 0 saturated carbocycles. The molecule has 0 radical (unpaired) electrons. The molecule has 7 nitrogen and oxygen atoms in total. The van der Waals surface area contributed by atoms with E-state index in [-0.39, 0.29) is 31.0 Å². The maximum Gasteiger partial charge on any atom is 0.258 e. The molecule has 1 aromatic carbocycles. The zero-order valence-electron chi connectivity index (χ0n) is 16.4. The lowest BCUT2D eigenvalue weighted by molar-refractivity contribution is -0.124. The topological polar surface area (TPSA) is 70.6 Å². The highest BCUT2D eigenvalue weighted by atomic mass is 35.5. The van der Waals surface area contributed by atoms with Crippen LogP contribution in [0, 0.1) is 0 Å². The van der Waals surface area contributed by atoms with Crippen molar-refractivity contribution < 1.29 is 9.53 Å². The van der Waals surface area contributed by atoms with E-state index in [9.17, 15) is 4.79 Å². The average Bonchev–Trinajstić information content (AvgIpc) is 2.69. The van der Waals surface area contributed by atoms with E-state index in [0.29, 0.717) is 11.7 Å². The third-order valence-electron chi connectivity index (χ3n) is 4.61. The second kappa shape index (κ2) is 10.8. The van der Waals surface area contributed by atoms with Gasteiger partial charge < -0.3 is 15.0 Å². The third-order valence-corrected chi connectivity index (χ3v) is 4.61. The van der Waals surface area contributed by atoms with Crippen LogP contribution in [0.25, 0.3) is 0 Å². The number of rotatable bonds is 7. The first-order valence-electron chi connectivity index (χ1n) is 9.28.